The largest absolute Gasteiger partial charge is 0.381 e. The molecule has 110 valence electrons. The standard InChI is InChI=1S/C17H19FN2O/c1-2-20-11-15(6-7-17(20)21)19-16-9-13(10-16)12-4-3-5-14(18)8-12/h3-8,11,13,16,19H,2,9-10H2,1H3. The molecule has 1 N–H and O–H groups in total. The van der Waals surface area contributed by atoms with Crippen LogP contribution in [0.3, 0.4) is 0 Å². The van der Waals surface area contributed by atoms with Gasteiger partial charge in [-0.2, -0.15) is 0 Å². The van der Waals surface area contributed by atoms with E-state index in [1.165, 1.54) is 6.07 Å². The molecule has 0 atom stereocenters. The number of halogens is 1. The summed E-state index contributed by atoms with van der Waals surface area (Å²) in [4.78, 5) is 11.5. The van der Waals surface area contributed by atoms with Crippen LogP contribution in [0.15, 0.2) is 47.4 Å². The van der Waals surface area contributed by atoms with Gasteiger partial charge in [-0.05, 0) is 49.4 Å². The lowest BCUT2D eigenvalue weighted by atomic mass is 9.76. The van der Waals surface area contributed by atoms with Crippen molar-refractivity contribution in [1.29, 1.82) is 0 Å². The van der Waals surface area contributed by atoms with Crippen molar-refractivity contribution >= 4 is 5.69 Å². The molecule has 4 heteroatoms. The second-order valence-electron chi connectivity index (χ2n) is 5.61. The van der Waals surface area contributed by atoms with Crippen LogP contribution in [0.25, 0.3) is 0 Å². The Hall–Kier alpha value is -2.10. The lowest BCUT2D eigenvalue weighted by molar-refractivity contribution is 0.373. The van der Waals surface area contributed by atoms with Crippen LogP contribution < -0.4 is 10.9 Å². The van der Waals surface area contributed by atoms with Crippen molar-refractivity contribution in [2.45, 2.75) is 38.3 Å². The van der Waals surface area contributed by atoms with Crippen LogP contribution in [-0.2, 0) is 6.54 Å². The third kappa shape index (κ3) is 2.99. The molecule has 1 fully saturated rings. The molecular weight excluding hydrogens is 267 g/mol. The van der Waals surface area contributed by atoms with Crippen molar-refractivity contribution in [3.63, 3.8) is 0 Å². The highest BCUT2D eigenvalue weighted by Crippen LogP contribution is 2.38. The average Bonchev–Trinajstić information content (AvgIpc) is 2.44. The Balaban J connectivity index is 1.61. The molecule has 0 bridgehead atoms. The Kier molecular flexibility index (Phi) is 3.78. The highest BCUT2D eigenvalue weighted by molar-refractivity contribution is 5.42. The fraction of sp³-hybridized carbons (Fsp3) is 0.353. The lowest BCUT2D eigenvalue weighted by Crippen LogP contribution is -2.34. The van der Waals surface area contributed by atoms with Crippen LogP contribution in [0.1, 0.15) is 31.2 Å². The summed E-state index contributed by atoms with van der Waals surface area (Å²) in [6.07, 6.45) is 3.85. The van der Waals surface area contributed by atoms with Gasteiger partial charge in [-0.15, -0.1) is 0 Å². The first-order chi connectivity index (χ1) is 10.2. The Morgan fingerprint density at radius 1 is 1.29 bits per heavy atom. The number of pyridine rings is 1. The van der Waals surface area contributed by atoms with Gasteiger partial charge in [-0.25, -0.2) is 4.39 Å². The van der Waals surface area contributed by atoms with E-state index in [0.29, 0.717) is 18.5 Å². The molecule has 21 heavy (non-hydrogen) atoms. The molecule has 1 aliphatic carbocycles. The van der Waals surface area contributed by atoms with Gasteiger partial charge in [0, 0.05) is 24.8 Å². The Bertz CT molecular complexity index is 689. The van der Waals surface area contributed by atoms with E-state index >= 15 is 0 Å². The van der Waals surface area contributed by atoms with E-state index in [9.17, 15) is 9.18 Å². The molecule has 0 amide bonds. The van der Waals surface area contributed by atoms with Gasteiger partial charge in [-0.1, -0.05) is 12.1 Å². The molecule has 0 aliphatic heterocycles. The number of nitrogens with zero attached hydrogens (tertiary/aromatic N) is 1. The smallest absolute Gasteiger partial charge is 0.250 e. The maximum absolute atomic E-state index is 13.2. The SMILES string of the molecule is CCn1cc(NC2CC(c3cccc(F)c3)C2)ccc1=O. The van der Waals surface area contributed by atoms with E-state index in [1.54, 1.807) is 22.8 Å². The summed E-state index contributed by atoms with van der Waals surface area (Å²) in [7, 11) is 0. The maximum Gasteiger partial charge on any atom is 0.250 e. The summed E-state index contributed by atoms with van der Waals surface area (Å²) in [6.45, 7) is 2.62. The highest BCUT2D eigenvalue weighted by atomic mass is 19.1. The van der Waals surface area contributed by atoms with Crippen molar-refractivity contribution in [3.05, 3.63) is 64.3 Å². The fourth-order valence-corrected chi connectivity index (χ4v) is 2.87. The number of benzene rings is 1. The van der Waals surface area contributed by atoms with Crippen molar-refractivity contribution in [2.24, 2.45) is 0 Å². The number of hydrogen-bond donors (Lipinski definition) is 1. The zero-order chi connectivity index (χ0) is 14.8. The molecule has 0 spiro atoms. The second-order valence-corrected chi connectivity index (χ2v) is 5.61. The van der Waals surface area contributed by atoms with Gasteiger partial charge in [0.15, 0.2) is 0 Å². The summed E-state index contributed by atoms with van der Waals surface area (Å²) < 4.78 is 14.9. The summed E-state index contributed by atoms with van der Waals surface area (Å²) >= 11 is 0. The first kappa shape index (κ1) is 13.9. The number of anilines is 1. The van der Waals surface area contributed by atoms with Crippen LogP contribution in [0.4, 0.5) is 10.1 Å². The van der Waals surface area contributed by atoms with Gasteiger partial charge in [-0.3, -0.25) is 4.79 Å². The minimum Gasteiger partial charge on any atom is -0.381 e. The molecule has 3 rings (SSSR count). The molecule has 1 aliphatic rings. The van der Waals surface area contributed by atoms with Gasteiger partial charge >= 0.3 is 0 Å². The van der Waals surface area contributed by atoms with E-state index in [2.05, 4.69) is 5.32 Å². The summed E-state index contributed by atoms with van der Waals surface area (Å²) in [6, 6.07) is 10.7. The molecule has 1 aromatic carbocycles. The Morgan fingerprint density at radius 3 is 2.81 bits per heavy atom. The summed E-state index contributed by atoms with van der Waals surface area (Å²) in [5.41, 5.74) is 2.07. The van der Waals surface area contributed by atoms with Crippen molar-refractivity contribution < 1.29 is 4.39 Å². The normalized spacial score (nSPS) is 20.9. The minimum atomic E-state index is -0.168. The van der Waals surface area contributed by atoms with E-state index in [-0.39, 0.29) is 11.4 Å². The first-order valence-corrected chi connectivity index (χ1v) is 7.38. The molecule has 1 saturated carbocycles. The topological polar surface area (TPSA) is 34.0 Å². The second kappa shape index (κ2) is 5.72. The molecule has 3 nitrogen and oxygen atoms in total. The predicted molar refractivity (Wildman–Crippen MR) is 82.2 cm³/mol. The van der Waals surface area contributed by atoms with E-state index < -0.39 is 0 Å². The van der Waals surface area contributed by atoms with Gasteiger partial charge < -0.3 is 9.88 Å². The first-order valence-electron chi connectivity index (χ1n) is 7.38. The molecule has 0 saturated heterocycles. The quantitative estimate of drug-likeness (QED) is 0.935. The fourth-order valence-electron chi connectivity index (χ4n) is 2.87. The molecule has 2 aromatic rings. The number of aryl methyl sites for hydroxylation is 1. The third-order valence-corrected chi connectivity index (χ3v) is 4.15. The molecule has 1 heterocycles. The van der Waals surface area contributed by atoms with Crippen LogP contribution in [0.5, 0.6) is 0 Å². The molecule has 0 unspecified atom stereocenters. The molecule has 0 radical (unpaired) electrons. The van der Waals surface area contributed by atoms with Crippen molar-refractivity contribution in [2.75, 3.05) is 5.32 Å². The highest BCUT2D eigenvalue weighted by Gasteiger charge is 2.30. The van der Waals surface area contributed by atoms with Crippen LogP contribution in [-0.4, -0.2) is 10.6 Å². The number of hydrogen-bond acceptors (Lipinski definition) is 2. The summed E-state index contributed by atoms with van der Waals surface area (Å²) in [5, 5.41) is 3.44. The van der Waals surface area contributed by atoms with E-state index in [4.69, 9.17) is 0 Å². The van der Waals surface area contributed by atoms with Gasteiger partial charge in [0.1, 0.15) is 5.82 Å². The average molecular weight is 286 g/mol. The summed E-state index contributed by atoms with van der Waals surface area (Å²) in [5.74, 6) is 0.259. The van der Waals surface area contributed by atoms with Gasteiger partial charge in [0.25, 0.3) is 5.56 Å². The van der Waals surface area contributed by atoms with E-state index in [0.717, 1.165) is 24.1 Å². The number of nitrogens with one attached hydrogen (secondary N) is 1. The third-order valence-electron chi connectivity index (χ3n) is 4.15. The monoisotopic (exact) mass is 286 g/mol. The molecule has 1 aromatic heterocycles. The molecular formula is C17H19FN2O. The van der Waals surface area contributed by atoms with E-state index in [1.807, 2.05) is 25.3 Å². The van der Waals surface area contributed by atoms with Crippen LogP contribution >= 0.6 is 0 Å². The predicted octanol–water partition coefficient (Wildman–Crippen LogP) is 3.37. The van der Waals surface area contributed by atoms with Gasteiger partial charge in [0.05, 0.1) is 5.69 Å². The van der Waals surface area contributed by atoms with Crippen LogP contribution in [0, 0.1) is 5.82 Å². The Morgan fingerprint density at radius 2 is 2.10 bits per heavy atom. The maximum atomic E-state index is 13.2. The lowest BCUT2D eigenvalue weighted by Gasteiger charge is -2.37. The van der Waals surface area contributed by atoms with Gasteiger partial charge in [0.2, 0.25) is 0 Å². The van der Waals surface area contributed by atoms with Crippen molar-refractivity contribution in [1.82, 2.24) is 4.57 Å². The van der Waals surface area contributed by atoms with Crippen molar-refractivity contribution in [3.8, 4) is 0 Å². The number of aromatic nitrogens is 1. The zero-order valence-electron chi connectivity index (χ0n) is 12.1. The minimum absolute atomic E-state index is 0.0225. The number of rotatable bonds is 4. The van der Waals surface area contributed by atoms with Crippen LogP contribution in [0.2, 0.25) is 0 Å². The zero-order valence-corrected chi connectivity index (χ0v) is 12.1. The Labute approximate surface area is 123 Å².